The fourth-order valence-electron chi connectivity index (χ4n) is 5.67. The number of hydrogen-bond donors (Lipinski definition) is 3. The van der Waals surface area contributed by atoms with E-state index in [-0.39, 0.29) is 22.8 Å². The second-order valence-corrected chi connectivity index (χ2v) is 9.95. The molecule has 0 atom stereocenters. The van der Waals surface area contributed by atoms with E-state index in [1.165, 1.54) is 0 Å². The van der Waals surface area contributed by atoms with Crippen LogP contribution < -0.4 is 0 Å². The zero-order valence-electron chi connectivity index (χ0n) is 21.6. The van der Waals surface area contributed by atoms with Gasteiger partial charge in [-0.05, 0) is 6.07 Å². The van der Waals surface area contributed by atoms with Gasteiger partial charge in [0.2, 0.25) is 0 Å². The Morgan fingerprint density at radius 3 is 1.29 bits per heavy atom. The van der Waals surface area contributed by atoms with E-state index in [0.29, 0.717) is 51.3 Å². The maximum Gasteiger partial charge on any atom is 1.00 e. The number of aromatic nitrogens is 8. The van der Waals surface area contributed by atoms with Gasteiger partial charge in [-0.25, -0.2) is 29.9 Å². The van der Waals surface area contributed by atoms with Crippen molar-refractivity contribution in [3.63, 3.8) is 0 Å². The molecular weight excluding hydrogens is 576 g/mol. The number of phenols is 1. The van der Waals surface area contributed by atoms with Crippen LogP contribution in [-0.4, -0.2) is 45.0 Å². The minimum Gasteiger partial charge on any atom is -0.507 e. The molecule has 42 heavy (non-hydrogen) atoms. The molecular formula is C32H18CuN8O+. The Kier molecular flexibility index (Phi) is 5.24. The van der Waals surface area contributed by atoms with Crippen LogP contribution in [0.2, 0.25) is 0 Å². The zero-order chi connectivity index (χ0) is 27.1. The fourth-order valence-corrected chi connectivity index (χ4v) is 5.67. The Balaban J connectivity index is 0.00000267. The predicted octanol–water partition coefficient (Wildman–Crippen LogP) is 6.57. The average Bonchev–Trinajstić information content (AvgIpc) is 3.73. The van der Waals surface area contributed by atoms with E-state index < -0.39 is 0 Å². The van der Waals surface area contributed by atoms with E-state index in [1.807, 2.05) is 78.9 Å². The van der Waals surface area contributed by atoms with Crippen molar-refractivity contribution >= 4 is 44.1 Å². The number of rotatable bonds is 0. The van der Waals surface area contributed by atoms with E-state index in [1.54, 1.807) is 12.1 Å². The van der Waals surface area contributed by atoms with Crippen molar-refractivity contribution < 1.29 is 22.2 Å². The van der Waals surface area contributed by atoms with Crippen molar-refractivity contribution in [2.24, 2.45) is 0 Å². The van der Waals surface area contributed by atoms with Gasteiger partial charge in [-0.1, -0.05) is 84.9 Å². The molecule has 2 aliphatic rings. The van der Waals surface area contributed by atoms with Crippen LogP contribution in [0.4, 0.5) is 0 Å². The van der Waals surface area contributed by atoms with E-state index in [2.05, 4.69) is 9.97 Å². The summed E-state index contributed by atoms with van der Waals surface area (Å²) in [7, 11) is 0. The molecule has 5 heterocycles. The quantitative estimate of drug-likeness (QED) is 0.169. The van der Waals surface area contributed by atoms with Gasteiger partial charge in [0.1, 0.15) is 28.3 Å². The first-order valence-corrected chi connectivity index (χ1v) is 13.1. The standard InChI is InChI=1S/C32H18N8O.Cu/c41-23-15-7-14-22-24(23)32-39-30-21-13-6-5-12-20(21)28(37-30)35-26-17-9-2-1-8-16(17)25(33-26)34-27-18-10-3-4-11-19(18)29(36-27)38-31(22)40-32;/h1-15,41H,(H2,33,34,35,36,37,38,39,40);/q;+1. The third-order valence-corrected chi connectivity index (χ3v) is 7.56. The average molecular weight is 594 g/mol. The molecule has 10 heteroatoms. The SMILES string of the molecule is Oc1cccc2c3nc4nc(nc5[nH]c(nc6nc(nc([nH]3)c12)-c1ccccc1-6)c1ccccc51)-c1ccccc1-4.[Cu+]. The third-order valence-electron chi connectivity index (χ3n) is 7.56. The maximum atomic E-state index is 10.9. The van der Waals surface area contributed by atoms with Crippen LogP contribution in [0.1, 0.15) is 0 Å². The molecule has 0 radical (unpaired) electrons. The molecule has 8 bridgehead atoms. The van der Waals surface area contributed by atoms with Crippen molar-refractivity contribution in [2.45, 2.75) is 0 Å². The van der Waals surface area contributed by atoms with E-state index in [4.69, 9.17) is 29.9 Å². The molecule has 0 amide bonds. The topological polar surface area (TPSA) is 129 Å². The smallest absolute Gasteiger partial charge is 0.507 e. The molecule has 0 saturated carbocycles. The van der Waals surface area contributed by atoms with E-state index >= 15 is 0 Å². The Morgan fingerprint density at radius 2 is 0.786 bits per heavy atom. The van der Waals surface area contributed by atoms with Crippen LogP contribution in [-0.2, 0) is 17.1 Å². The number of aromatic hydroxyl groups is 1. The first-order valence-electron chi connectivity index (χ1n) is 13.1. The summed E-state index contributed by atoms with van der Waals surface area (Å²) in [5.41, 5.74) is 5.74. The summed E-state index contributed by atoms with van der Waals surface area (Å²) in [6.07, 6.45) is 0. The Bertz CT molecular complexity index is 2410. The van der Waals surface area contributed by atoms with Gasteiger partial charge < -0.3 is 15.1 Å². The third kappa shape index (κ3) is 3.49. The normalized spacial score (nSPS) is 11.7. The van der Waals surface area contributed by atoms with Crippen molar-refractivity contribution in [3.05, 3.63) is 91.0 Å². The molecule has 0 unspecified atom stereocenters. The molecule has 202 valence electrons. The molecule has 0 fully saturated rings. The Morgan fingerprint density at radius 1 is 0.405 bits per heavy atom. The van der Waals surface area contributed by atoms with Crippen molar-refractivity contribution in [1.82, 2.24) is 39.9 Å². The van der Waals surface area contributed by atoms with Gasteiger partial charge in [0.15, 0.2) is 23.3 Å². The first kappa shape index (κ1) is 24.4. The molecule has 9 rings (SSSR count). The Labute approximate surface area is 247 Å². The number of aromatic amines is 2. The fraction of sp³-hybridized carbons (Fsp3) is 0. The predicted molar refractivity (Wildman–Crippen MR) is 158 cm³/mol. The van der Waals surface area contributed by atoms with Crippen LogP contribution >= 0.6 is 0 Å². The molecule has 4 aromatic carbocycles. The van der Waals surface area contributed by atoms with Crippen molar-refractivity contribution in [2.75, 3.05) is 0 Å². The van der Waals surface area contributed by atoms with E-state index in [0.717, 1.165) is 38.4 Å². The number of nitrogens with one attached hydrogen (secondary N) is 2. The molecule has 0 spiro atoms. The van der Waals surface area contributed by atoms with Crippen LogP contribution in [0.15, 0.2) is 91.0 Å². The number of phenolic OH excluding ortho intramolecular Hbond substituents is 1. The molecule has 2 aliphatic heterocycles. The second-order valence-electron chi connectivity index (χ2n) is 9.95. The van der Waals surface area contributed by atoms with Crippen molar-refractivity contribution in [3.8, 4) is 51.3 Å². The zero-order valence-corrected chi connectivity index (χ0v) is 22.5. The van der Waals surface area contributed by atoms with Crippen LogP contribution in [0.25, 0.3) is 89.7 Å². The van der Waals surface area contributed by atoms with Gasteiger partial charge in [0.25, 0.3) is 0 Å². The van der Waals surface area contributed by atoms with E-state index in [9.17, 15) is 5.11 Å². The molecule has 9 nitrogen and oxygen atoms in total. The molecule has 7 aromatic rings. The number of benzene rings is 4. The summed E-state index contributed by atoms with van der Waals surface area (Å²) in [4.78, 5) is 36.3. The van der Waals surface area contributed by atoms with Gasteiger partial charge >= 0.3 is 17.1 Å². The molecule has 0 aliphatic carbocycles. The molecule has 3 N–H and O–H groups in total. The summed E-state index contributed by atoms with van der Waals surface area (Å²) in [5.74, 6) is 2.19. The number of H-pyrrole nitrogens is 2. The second kappa shape index (κ2) is 9.04. The van der Waals surface area contributed by atoms with Gasteiger partial charge in [-0.15, -0.1) is 0 Å². The molecule has 3 aromatic heterocycles. The minimum atomic E-state index is 0. The largest absolute Gasteiger partial charge is 1.00 e. The summed E-state index contributed by atoms with van der Waals surface area (Å²) in [6.45, 7) is 0. The van der Waals surface area contributed by atoms with Crippen molar-refractivity contribution in [1.29, 1.82) is 0 Å². The van der Waals surface area contributed by atoms with Gasteiger partial charge in [0.05, 0.1) is 5.39 Å². The van der Waals surface area contributed by atoms with Gasteiger partial charge in [-0.3, -0.25) is 0 Å². The van der Waals surface area contributed by atoms with Crippen LogP contribution in [0.3, 0.4) is 0 Å². The van der Waals surface area contributed by atoms with Gasteiger partial charge in [0, 0.05) is 38.4 Å². The minimum absolute atomic E-state index is 0. The molecule has 0 saturated heterocycles. The van der Waals surface area contributed by atoms with Crippen LogP contribution in [0, 0.1) is 0 Å². The number of fused-ring (bicyclic) bond motifs is 20. The number of nitrogens with zero attached hydrogens (tertiary/aromatic N) is 6. The van der Waals surface area contributed by atoms with Gasteiger partial charge in [-0.2, -0.15) is 0 Å². The first-order chi connectivity index (χ1) is 20.2. The monoisotopic (exact) mass is 593 g/mol. The summed E-state index contributed by atoms with van der Waals surface area (Å²) >= 11 is 0. The van der Waals surface area contributed by atoms with Crippen LogP contribution in [0.5, 0.6) is 5.75 Å². The summed E-state index contributed by atoms with van der Waals surface area (Å²) in [6, 6.07) is 29.1. The number of hydrogen-bond acceptors (Lipinski definition) is 7. The summed E-state index contributed by atoms with van der Waals surface area (Å²) in [5, 5.41) is 14.0. The maximum absolute atomic E-state index is 10.9. The summed E-state index contributed by atoms with van der Waals surface area (Å²) < 4.78 is 0. The Hall–Kier alpha value is -5.44.